The minimum Gasteiger partial charge on any atom is -0.505 e. The van der Waals surface area contributed by atoms with Gasteiger partial charge in [0.2, 0.25) is 0 Å². The Kier molecular flexibility index (Phi) is 3.86. The Bertz CT molecular complexity index is 408. The second kappa shape index (κ2) is 5.21. The number of phenols is 1. The summed E-state index contributed by atoms with van der Waals surface area (Å²) < 4.78 is 18.5. The fourth-order valence-corrected chi connectivity index (χ4v) is 2.46. The van der Waals surface area contributed by atoms with Crippen molar-refractivity contribution in [2.24, 2.45) is 11.7 Å². The van der Waals surface area contributed by atoms with Crippen LogP contribution in [0.4, 0.5) is 4.39 Å². The minimum atomic E-state index is -0.688. The van der Waals surface area contributed by atoms with E-state index in [2.05, 4.69) is 0 Å². The molecule has 1 aliphatic rings. The molecular formula is C12H15ClFNO2. The van der Waals surface area contributed by atoms with Crippen molar-refractivity contribution >= 4 is 11.6 Å². The number of ether oxygens (including phenoxy) is 1. The summed E-state index contributed by atoms with van der Waals surface area (Å²) in [6.07, 6.45) is 1.60. The minimum absolute atomic E-state index is 0.161. The molecule has 1 aromatic carbocycles. The summed E-state index contributed by atoms with van der Waals surface area (Å²) >= 11 is 5.98. The Morgan fingerprint density at radius 3 is 2.71 bits per heavy atom. The molecule has 1 atom stereocenters. The Morgan fingerprint density at radius 1 is 1.41 bits per heavy atom. The van der Waals surface area contributed by atoms with Crippen molar-refractivity contribution < 1.29 is 14.2 Å². The second-order valence-electron chi connectivity index (χ2n) is 4.27. The Hall–Kier alpha value is -0.840. The van der Waals surface area contributed by atoms with E-state index in [0.29, 0.717) is 23.8 Å². The summed E-state index contributed by atoms with van der Waals surface area (Å²) in [6, 6.07) is 2.10. The largest absolute Gasteiger partial charge is 0.505 e. The van der Waals surface area contributed by atoms with Gasteiger partial charge in [-0.2, -0.15) is 0 Å². The van der Waals surface area contributed by atoms with Gasteiger partial charge in [0, 0.05) is 29.8 Å². The summed E-state index contributed by atoms with van der Waals surface area (Å²) in [5, 5.41) is 10.0. The van der Waals surface area contributed by atoms with Gasteiger partial charge in [-0.1, -0.05) is 11.6 Å². The van der Waals surface area contributed by atoms with E-state index >= 15 is 0 Å². The lowest BCUT2D eigenvalue weighted by atomic mass is 9.87. The molecule has 5 heteroatoms. The highest BCUT2D eigenvalue weighted by atomic mass is 35.5. The number of hydrogen-bond donors (Lipinski definition) is 2. The van der Waals surface area contributed by atoms with Crippen LogP contribution in [0.1, 0.15) is 24.4 Å². The quantitative estimate of drug-likeness (QED) is 0.858. The maximum absolute atomic E-state index is 13.3. The number of hydrogen-bond acceptors (Lipinski definition) is 3. The van der Waals surface area contributed by atoms with Gasteiger partial charge < -0.3 is 15.6 Å². The van der Waals surface area contributed by atoms with Crippen molar-refractivity contribution in [1.29, 1.82) is 0 Å². The normalized spacial score (nSPS) is 19.2. The number of aromatic hydroxyl groups is 1. The molecule has 0 aromatic heterocycles. The SMILES string of the molecule is N[C@@H](c1c(Cl)ccc(F)c1O)C1CCOCC1. The molecular weight excluding hydrogens is 245 g/mol. The molecule has 1 aliphatic heterocycles. The molecule has 1 aromatic rings. The van der Waals surface area contributed by atoms with E-state index in [1.165, 1.54) is 6.07 Å². The van der Waals surface area contributed by atoms with E-state index < -0.39 is 17.6 Å². The number of halogens is 2. The summed E-state index contributed by atoms with van der Waals surface area (Å²) in [5.74, 6) is -0.961. The molecule has 3 N–H and O–H groups in total. The van der Waals surface area contributed by atoms with Crippen molar-refractivity contribution in [3.05, 3.63) is 28.5 Å². The molecule has 1 heterocycles. The van der Waals surface area contributed by atoms with Gasteiger partial charge in [0.25, 0.3) is 0 Å². The van der Waals surface area contributed by atoms with E-state index in [-0.39, 0.29) is 5.92 Å². The van der Waals surface area contributed by atoms with Crippen molar-refractivity contribution in [3.8, 4) is 5.75 Å². The highest BCUT2D eigenvalue weighted by Crippen LogP contribution is 2.38. The second-order valence-corrected chi connectivity index (χ2v) is 4.67. The molecule has 94 valence electrons. The first kappa shape index (κ1) is 12.6. The molecule has 0 aliphatic carbocycles. The molecule has 0 bridgehead atoms. The molecule has 0 spiro atoms. The van der Waals surface area contributed by atoms with Crippen molar-refractivity contribution in [3.63, 3.8) is 0 Å². The zero-order chi connectivity index (χ0) is 12.4. The van der Waals surface area contributed by atoms with Crippen LogP contribution in [0, 0.1) is 11.7 Å². The highest BCUT2D eigenvalue weighted by molar-refractivity contribution is 6.31. The molecule has 2 rings (SSSR count). The molecule has 0 saturated carbocycles. The highest BCUT2D eigenvalue weighted by Gasteiger charge is 2.27. The van der Waals surface area contributed by atoms with Gasteiger partial charge >= 0.3 is 0 Å². The van der Waals surface area contributed by atoms with Gasteiger partial charge in [-0.05, 0) is 30.9 Å². The maximum Gasteiger partial charge on any atom is 0.165 e. The van der Waals surface area contributed by atoms with Crippen LogP contribution in [0.5, 0.6) is 5.75 Å². The van der Waals surface area contributed by atoms with E-state index in [9.17, 15) is 9.50 Å². The molecule has 0 amide bonds. The van der Waals surface area contributed by atoms with Crippen LogP contribution in [0.25, 0.3) is 0 Å². The topological polar surface area (TPSA) is 55.5 Å². The fourth-order valence-electron chi connectivity index (χ4n) is 2.18. The van der Waals surface area contributed by atoms with Gasteiger partial charge in [0.15, 0.2) is 11.6 Å². The lowest BCUT2D eigenvalue weighted by molar-refractivity contribution is 0.0580. The van der Waals surface area contributed by atoms with Crippen LogP contribution in [-0.4, -0.2) is 18.3 Å². The summed E-state index contributed by atoms with van der Waals surface area (Å²) in [4.78, 5) is 0. The predicted octanol–water partition coefficient (Wildman–Crippen LogP) is 2.61. The monoisotopic (exact) mass is 259 g/mol. The van der Waals surface area contributed by atoms with Crippen LogP contribution in [0.3, 0.4) is 0 Å². The van der Waals surface area contributed by atoms with Crippen molar-refractivity contribution in [2.75, 3.05) is 13.2 Å². The van der Waals surface area contributed by atoms with Crippen LogP contribution in [0.2, 0.25) is 5.02 Å². The summed E-state index contributed by atoms with van der Waals surface area (Å²) in [7, 11) is 0. The first-order chi connectivity index (χ1) is 8.11. The molecule has 1 saturated heterocycles. The first-order valence-electron chi connectivity index (χ1n) is 5.61. The fraction of sp³-hybridized carbons (Fsp3) is 0.500. The van der Waals surface area contributed by atoms with Crippen molar-refractivity contribution in [2.45, 2.75) is 18.9 Å². The third-order valence-corrected chi connectivity index (χ3v) is 3.55. The number of phenolic OH excluding ortho intramolecular Hbond substituents is 1. The zero-order valence-corrected chi connectivity index (χ0v) is 10.1. The standard InChI is InChI=1S/C12H15ClFNO2/c13-8-1-2-9(14)12(16)10(8)11(15)7-3-5-17-6-4-7/h1-2,7,11,16H,3-6,15H2/t11-/m1/s1. The lowest BCUT2D eigenvalue weighted by Gasteiger charge is -2.28. The van der Waals surface area contributed by atoms with Gasteiger partial charge in [-0.15, -0.1) is 0 Å². The third kappa shape index (κ3) is 2.54. The molecule has 17 heavy (non-hydrogen) atoms. The Morgan fingerprint density at radius 2 is 2.06 bits per heavy atom. The van der Waals surface area contributed by atoms with E-state index in [4.69, 9.17) is 22.1 Å². The maximum atomic E-state index is 13.3. The molecule has 3 nitrogen and oxygen atoms in total. The average molecular weight is 260 g/mol. The Balaban J connectivity index is 2.29. The molecule has 0 radical (unpaired) electrons. The number of rotatable bonds is 2. The number of nitrogens with two attached hydrogens (primary N) is 1. The molecule has 0 unspecified atom stereocenters. The predicted molar refractivity (Wildman–Crippen MR) is 63.5 cm³/mol. The van der Waals surface area contributed by atoms with Crippen molar-refractivity contribution in [1.82, 2.24) is 0 Å². The summed E-state index contributed by atoms with van der Waals surface area (Å²) in [5.41, 5.74) is 6.38. The van der Waals surface area contributed by atoms with E-state index in [1.807, 2.05) is 0 Å². The molecule has 1 fully saturated rings. The van der Waals surface area contributed by atoms with E-state index in [1.54, 1.807) is 0 Å². The van der Waals surface area contributed by atoms with Crippen LogP contribution < -0.4 is 5.73 Å². The van der Waals surface area contributed by atoms with Crippen LogP contribution in [0.15, 0.2) is 12.1 Å². The van der Waals surface area contributed by atoms with Crippen LogP contribution >= 0.6 is 11.6 Å². The Labute approximate surface area is 104 Å². The third-order valence-electron chi connectivity index (χ3n) is 3.22. The lowest BCUT2D eigenvalue weighted by Crippen LogP contribution is -2.27. The van der Waals surface area contributed by atoms with Crippen LogP contribution in [-0.2, 0) is 4.74 Å². The zero-order valence-electron chi connectivity index (χ0n) is 9.33. The van der Waals surface area contributed by atoms with Gasteiger partial charge in [0.1, 0.15) is 0 Å². The number of benzene rings is 1. The first-order valence-corrected chi connectivity index (χ1v) is 5.99. The van der Waals surface area contributed by atoms with E-state index in [0.717, 1.165) is 18.9 Å². The van der Waals surface area contributed by atoms with Gasteiger partial charge in [-0.3, -0.25) is 0 Å². The van der Waals surface area contributed by atoms with Gasteiger partial charge in [0.05, 0.1) is 0 Å². The van der Waals surface area contributed by atoms with Gasteiger partial charge in [-0.25, -0.2) is 4.39 Å². The smallest absolute Gasteiger partial charge is 0.165 e. The average Bonchev–Trinajstić information content (AvgIpc) is 2.35. The summed E-state index contributed by atoms with van der Waals surface area (Å²) in [6.45, 7) is 1.29.